The lowest BCUT2D eigenvalue weighted by atomic mass is 9.75. The van der Waals surface area contributed by atoms with E-state index in [1.807, 2.05) is 31.2 Å². The normalized spacial score (nSPS) is 21.9. The van der Waals surface area contributed by atoms with Crippen LogP contribution in [0.3, 0.4) is 0 Å². The number of carbonyl (C=O) groups is 1. The summed E-state index contributed by atoms with van der Waals surface area (Å²) in [5.41, 5.74) is 10.3. The van der Waals surface area contributed by atoms with Crippen molar-refractivity contribution in [2.45, 2.75) is 38.5 Å². The van der Waals surface area contributed by atoms with E-state index in [0.29, 0.717) is 18.9 Å². The van der Waals surface area contributed by atoms with Gasteiger partial charge in [-0.05, 0) is 49.6 Å². The van der Waals surface area contributed by atoms with E-state index in [0.717, 1.165) is 60.1 Å². The fraction of sp³-hybridized carbons (Fsp3) is 0.423. The molecule has 2 fully saturated rings. The second-order valence-electron chi connectivity index (χ2n) is 9.68. The minimum Gasteiger partial charge on any atom is -0.369 e. The van der Waals surface area contributed by atoms with Crippen LogP contribution in [-0.2, 0) is 14.6 Å². The van der Waals surface area contributed by atoms with Crippen LogP contribution in [-0.4, -0.2) is 53.7 Å². The van der Waals surface area contributed by atoms with E-state index in [2.05, 4.69) is 9.88 Å². The van der Waals surface area contributed by atoms with Gasteiger partial charge in [-0.2, -0.15) is 5.10 Å². The van der Waals surface area contributed by atoms with Crippen LogP contribution in [0.5, 0.6) is 0 Å². The molecule has 1 saturated carbocycles. The number of nitrogens with two attached hydrogens (primary N) is 1. The van der Waals surface area contributed by atoms with E-state index >= 15 is 0 Å². The minimum atomic E-state index is -2.96. The molecule has 0 spiro atoms. The number of pyridine rings is 1. The molecule has 3 heterocycles. The number of aromatic nitrogens is 3. The van der Waals surface area contributed by atoms with Crippen molar-refractivity contribution >= 4 is 21.4 Å². The Morgan fingerprint density at radius 1 is 1.06 bits per heavy atom. The monoisotopic (exact) mass is 511 g/mol. The van der Waals surface area contributed by atoms with Gasteiger partial charge in [0.1, 0.15) is 5.82 Å². The van der Waals surface area contributed by atoms with Gasteiger partial charge in [-0.1, -0.05) is 25.0 Å². The second-order valence-corrected chi connectivity index (χ2v) is 12.0. The summed E-state index contributed by atoms with van der Waals surface area (Å²) in [5, 5.41) is 4.92. The Labute approximate surface area is 210 Å². The number of hydrogen-bond donors (Lipinski definition) is 1. The molecular weight excluding hydrogens is 481 g/mol. The molecule has 2 atom stereocenters. The molecule has 0 unspecified atom stereocenters. The Hall–Kier alpha value is -3.27. The molecule has 8 nitrogen and oxygen atoms in total. The van der Waals surface area contributed by atoms with Gasteiger partial charge in [-0.15, -0.1) is 0 Å². The lowest BCUT2D eigenvalue weighted by Crippen LogP contribution is -2.40. The number of nitrogens with zero attached hydrogens (tertiary/aromatic N) is 4. The maximum atomic E-state index is 13.5. The summed E-state index contributed by atoms with van der Waals surface area (Å²) in [5.74, 6) is -0.329. The van der Waals surface area contributed by atoms with Gasteiger partial charge in [0.2, 0.25) is 5.91 Å². The fourth-order valence-electron chi connectivity index (χ4n) is 5.46. The first kappa shape index (κ1) is 24.4. The summed E-state index contributed by atoms with van der Waals surface area (Å²) in [4.78, 5) is 18.6. The Kier molecular flexibility index (Phi) is 6.55. The van der Waals surface area contributed by atoms with Gasteiger partial charge in [0.15, 0.2) is 15.7 Å². The smallest absolute Gasteiger partial charge is 0.221 e. The molecule has 10 heteroatoms. The number of benzene rings is 1. The number of halogens is 1. The van der Waals surface area contributed by atoms with Gasteiger partial charge in [0.25, 0.3) is 0 Å². The first-order chi connectivity index (χ1) is 17.2. The molecule has 2 aromatic heterocycles. The topological polar surface area (TPSA) is 111 Å². The Morgan fingerprint density at radius 2 is 1.75 bits per heavy atom. The number of sulfone groups is 1. The molecule has 190 valence electrons. The average molecular weight is 512 g/mol. The van der Waals surface area contributed by atoms with Gasteiger partial charge in [0, 0.05) is 36.2 Å². The summed E-state index contributed by atoms with van der Waals surface area (Å²) >= 11 is 0. The maximum absolute atomic E-state index is 13.5. The van der Waals surface area contributed by atoms with Crippen molar-refractivity contribution in [2.24, 2.45) is 11.7 Å². The third-order valence-corrected chi connectivity index (χ3v) is 9.03. The number of carbonyl (C=O) groups excluding carboxylic acids is 1. The van der Waals surface area contributed by atoms with E-state index < -0.39 is 15.7 Å². The van der Waals surface area contributed by atoms with Crippen LogP contribution < -0.4 is 10.6 Å². The van der Waals surface area contributed by atoms with Gasteiger partial charge in [-0.25, -0.2) is 22.5 Å². The lowest BCUT2D eigenvalue weighted by Gasteiger charge is -2.29. The lowest BCUT2D eigenvalue weighted by molar-refractivity contribution is -0.123. The Morgan fingerprint density at radius 3 is 2.39 bits per heavy atom. The molecule has 1 aromatic carbocycles. The predicted molar refractivity (Wildman–Crippen MR) is 136 cm³/mol. The molecule has 2 N–H and O–H groups in total. The van der Waals surface area contributed by atoms with E-state index in [9.17, 15) is 17.6 Å². The third-order valence-electron chi connectivity index (χ3n) is 7.42. The van der Waals surface area contributed by atoms with Crippen molar-refractivity contribution in [3.05, 3.63) is 59.8 Å². The second kappa shape index (κ2) is 9.65. The largest absolute Gasteiger partial charge is 0.369 e. The summed E-state index contributed by atoms with van der Waals surface area (Å²) in [6.45, 7) is 2.90. The van der Waals surface area contributed by atoms with E-state index in [-0.39, 0.29) is 29.2 Å². The van der Waals surface area contributed by atoms with E-state index in [4.69, 9.17) is 10.8 Å². The summed E-state index contributed by atoms with van der Waals surface area (Å²) in [6.07, 6.45) is 4.66. The molecule has 1 aliphatic carbocycles. The average Bonchev–Trinajstić information content (AvgIpc) is 3.21. The molecule has 1 amide bonds. The Bertz CT molecular complexity index is 1360. The summed E-state index contributed by atoms with van der Waals surface area (Å²) < 4.78 is 38.9. The quantitative estimate of drug-likeness (QED) is 0.562. The van der Waals surface area contributed by atoms with Gasteiger partial charge in [0.05, 0.1) is 29.1 Å². The predicted octanol–water partition coefficient (Wildman–Crippen LogP) is 3.38. The molecule has 36 heavy (non-hydrogen) atoms. The first-order valence-electron chi connectivity index (χ1n) is 12.3. The Balaban J connectivity index is 1.56. The van der Waals surface area contributed by atoms with Gasteiger partial charge < -0.3 is 10.6 Å². The SMILES string of the molecule is Cc1c(-c2ccc(N3CCS(=O)(=O)CC3)cc2)c([C@@H]2CCCC[C@H]2C(N)=O)nn1-c1ccc(F)cn1. The summed E-state index contributed by atoms with van der Waals surface area (Å²) in [6, 6.07) is 11.0. The van der Waals surface area contributed by atoms with Crippen LogP contribution in [0.25, 0.3) is 16.9 Å². The minimum absolute atomic E-state index is 0.112. The standard InChI is InChI=1S/C26H30FN5O3S/c1-17-24(18-6-9-20(10-7-18)31-12-14-36(34,35)15-13-31)25(21-4-2-3-5-22(21)26(28)33)30-32(17)23-11-8-19(27)16-29-23/h6-11,16,21-22H,2-5,12-15H2,1H3,(H2,28,33)/t21-,22-/m1/s1. The summed E-state index contributed by atoms with van der Waals surface area (Å²) in [7, 11) is -2.96. The molecule has 2 aliphatic rings. The van der Waals surface area contributed by atoms with Crippen LogP contribution in [0.1, 0.15) is 43.0 Å². The maximum Gasteiger partial charge on any atom is 0.221 e. The van der Waals surface area contributed by atoms with Crippen molar-refractivity contribution in [3.8, 4) is 16.9 Å². The van der Waals surface area contributed by atoms with E-state index in [1.165, 1.54) is 6.07 Å². The zero-order valence-electron chi connectivity index (χ0n) is 20.2. The number of rotatable bonds is 5. The molecule has 0 radical (unpaired) electrons. The van der Waals surface area contributed by atoms with Gasteiger partial charge in [-0.3, -0.25) is 4.79 Å². The van der Waals surface area contributed by atoms with Crippen molar-refractivity contribution in [3.63, 3.8) is 0 Å². The van der Waals surface area contributed by atoms with Crippen molar-refractivity contribution in [2.75, 3.05) is 29.5 Å². The van der Waals surface area contributed by atoms with Crippen LogP contribution in [0.4, 0.5) is 10.1 Å². The van der Waals surface area contributed by atoms with Crippen molar-refractivity contribution in [1.82, 2.24) is 14.8 Å². The van der Waals surface area contributed by atoms with Crippen LogP contribution in [0.15, 0.2) is 42.6 Å². The van der Waals surface area contributed by atoms with Crippen molar-refractivity contribution in [1.29, 1.82) is 0 Å². The number of primary amides is 1. The fourth-order valence-corrected chi connectivity index (χ4v) is 6.67. The highest BCUT2D eigenvalue weighted by Crippen LogP contribution is 2.43. The van der Waals surface area contributed by atoms with Gasteiger partial charge >= 0.3 is 0 Å². The zero-order chi connectivity index (χ0) is 25.4. The third kappa shape index (κ3) is 4.74. The highest BCUT2D eigenvalue weighted by Gasteiger charge is 2.35. The number of hydrogen-bond acceptors (Lipinski definition) is 6. The van der Waals surface area contributed by atoms with Crippen LogP contribution >= 0.6 is 0 Å². The molecule has 1 aliphatic heterocycles. The van der Waals surface area contributed by atoms with Crippen LogP contribution in [0, 0.1) is 18.7 Å². The number of amides is 1. The molecule has 3 aromatic rings. The molecule has 1 saturated heterocycles. The van der Waals surface area contributed by atoms with Crippen molar-refractivity contribution < 1.29 is 17.6 Å². The molecule has 0 bridgehead atoms. The van der Waals surface area contributed by atoms with E-state index in [1.54, 1.807) is 10.7 Å². The first-order valence-corrected chi connectivity index (χ1v) is 14.1. The number of anilines is 1. The zero-order valence-corrected chi connectivity index (χ0v) is 21.0. The molecular formula is C26H30FN5O3S. The van der Waals surface area contributed by atoms with Crippen LogP contribution in [0.2, 0.25) is 0 Å². The highest BCUT2D eigenvalue weighted by atomic mass is 32.2. The molecule has 5 rings (SSSR count). The highest BCUT2D eigenvalue weighted by molar-refractivity contribution is 7.91.